The predicted molar refractivity (Wildman–Crippen MR) is 67.6 cm³/mol. The Kier molecular flexibility index (Phi) is 3.22. The lowest BCUT2D eigenvalue weighted by Gasteiger charge is -2.24. The van der Waals surface area contributed by atoms with Crippen molar-refractivity contribution in [2.75, 3.05) is 0 Å². The van der Waals surface area contributed by atoms with E-state index < -0.39 is 5.60 Å². The van der Waals surface area contributed by atoms with Gasteiger partial charge in [0.15, 0.2) is 0 Å². The number of hydrogen-bond acceptors (Lipinski definition) is 2. The second kappa shape index (κ2) is 4.53. The summed E-state index contributed by atoms with van der Waals surface area (Å²) >= 11 is 0. The van der Waals surface area contributed by atoms with Crippen LogP contribution in [-0.2, 0) is 19.1 Å². The van der Waals surface area contributed by atoms with E-state index >= 15 is 0 Å². The Morgan fingerprint density at radius 2 is 2.06 bits per heavy atom. The first-order chi connectivity index (χ1) is 8.40. The van der Waals surface area contributed by atoms with E-state index in [1.54, 1.807) is 29.8 Å². The maximum atomic E-state index is 13.7. The molecule has 1 aromatic carbocycles. The molecule has 4 heteroatoms. The standard InChI is InChI=1S/C14H17FN2O/c1-10-8-11(17(3)16-10)9-14(2,18)12-6-4-5-7-13(12)15/h4-8,18H,9H2,1-3H3. The van der Waals surface area contributed by atoms with E-state index in [0.29, 0.717) is 12.0 Å². The lowest BCUT2D eigenvalue weighted by atomic mass is 9.90. The van der Waals surface area contributed by atoms with Crippen LogP contribution >= 0.6 is 0 Å². The first-order valence-electron chi connectivity index (χ1n) is 5.87. The molecular weight excluding hydrogens is 231 g/mol. The maximum Gasteiger partial charge on any atom is 0.129 e. The molecule has 1 unspecified atom stereocenters. The minimum atomic E-state index is -1.24. The predicted octanol–water partition coefficient (Wildman–Crippen LogP) is 2.32. The van der Waals surface area contributed by atoms with Crippen molar-refractivity contribution in [1.29, 1.82) is 0 Å². The summed E-state index contributed by atoms with van der Waals surface area (Å²) in [6, 6.07) is 8.21. The van der Waals surface area contributed by atoms with Gasteiger partial charge in [-0.3, -0.25) is 4.68 Å². The summed E-state index contributed by atoms with van der Waals surface area (Å²) in [6.07, 6.45) is 0.325. The minimum Gasteiger partial charge on any atom is -0.385 e. The fourth-order valence-corrected chi connectivity index (χ4v) is 2.18. The summed E-state index contributed by atoms with van der Waals surface area (Å²) < 4.78 is 15.4. The number of halogens is 1. The van der Waals surface area contributed by atoms with Crippen molar-refractivity contribution in [2.24, 2.45) is 7.05 Å². The topological polar surface area (TPSA) is 38.0 Å². The van der Waals surface area contributed by atoms with Gasteiger partial charge in [0, 0.05) is 24.7 Å². The van der Waals surface area contributed by atoms with Gasteiger partial charge < -0.3 is 5.11 Å². The van der Waals surface area contributed by atoms with Crippen LogP contribution in [0.5, 0.6) is 0 Å². The summed E-state index contributed by atoms with van der Waals surface area (Å²) in [7, 11) is 1.82. The maximum absolute atomic E-state index is 13.7. The van der Waals surface area contributed by atoms with Crippen molar-refractivity contribution >= 4 is 0 Å². The number of aryl methyl sites for hydroxylation is 2. The van der Waals surface area contributed by atoms with Gasteiger partial charge in [-0.1, -0.05) is 18.2 Å². The van der Waals surface area contributed by atoms with Gasteiger partial charge in [-0.2, -0.15) is 5.10 Å². The van der Waals surface area contributed by atoms with Crippen LogP contribution in [0.15, 0.2) is 30.3 Å². The molecule has 0 saturated heterocycles. The highest BCUT2D eigenvalue weighted by Gasteiger charge is 2.27. The molecule has 18 heavy (non-hydrogen) atoms. The van der Waals surface area contributed by atoms with Crippen molar-refractivity contribution in [3.63, 3.8) is 0 Å². The molecule has 0 fully saturated rings. The van der Waals surface area contributed by atoms with Crippen molar-refractivity contribution in [1.82, 2.24) is 9.78 Å². The number of benzene rings is 1. The zero-order chi connectivity index (χ0) is 13.3. The number of nitrogens with zero attached hydrogens (tertiary/aromatic N) is 2. The molecule has 0 aliphatic heterocycles. The van der Waals surface area contributed by atoms with Gasteiger partial charge in [0.05, 0.1) is 11.3 Å². The molecule has 1 aromatic heterocycles. The van der Waals surface area contributed by atoms with Crippen LogP contribution < -0.4 is 0 Å². The summed E-state index contributed by atoms with van der Waals surface area (Å²) in [5.74, 6) is -0.388. The third-order valence-electron chi connectivity index (χ3n) is 3.08. The highest BCUT2D eigenvalue weighted by atomic mass is 19.1. The number of hydrogen-bond donors (Lipinski definition) is 1. The Bertz CT molecular complexity index is 561. The van der Waals surface area contributed by atoms with Gasteiger partial charge in [0.25, 0.3) is 0 Å². The molecule has 0 aliphatic rings. The Labute approximate surface area is 106 Å². The smallest absolute Gasteiger partial charge is 0.129 e. The van der Waals surface area contributed by atoms with E-state index in [1.807, 2.05) is 20.0 Å². The fourth-order valence-electron chi connectivity index (χ4n) is 2.18. The fraction of sp³-hybridized carbons (Fsp3) is 0.357. The average molecular weight is 248 g/mol. The van der Waals surface area contributed by atoms with Gasteiger partial charge in [-0.25, -0.2) is 4.39 Å². The van der Waals surface area contributed by atoms with Crippen molar-refractivity contribution in [2.45, 2.75) is 25.9 Å². The molecule has 0 saturated carbocycles. The quantitative estimate of drug-likeness (QED) is 0.905. The van der Waals surface area contributed by atoms with Crippen LogP contribution in [0.4, 0.5) is 4.39 Å². The average Bonchev–Trinajstić information content (AvgIpc) is 2.57. The molecule has 1 heterocycles. The van der Waals surface area contributed by atoms with Gasteiger partial charge in [0.1, 0.15) is 5.82 Å². The summed E-state index contributed by atoms with van der Waals surface area (Å²) in [5, 5.41) is 14.7. The Hall–Kier alpha value is -1.68. The first-order valence-corrected chi connectivity index (χ1v) is 5.87. The summed E-state index contributed by atoms with van der Waals surface area (Å²) in [6.45, 7) is 3.51. The highest BCUT2D eigenvalue weighted by Crippen LogP contribution is 2.27. The third-order valence-corrected chi connectivity index (χ3v) is 3.08. The molecule has 2 aromatic rings. The molecular formula is C14H17FN2O. The summed E-state index contributed by atoms with van der Waals surface area (Å²) in [4.78, 5) is 0. The second-order valence-electron chi connectivity index (χ2n) is 4.83. The van der Waals surface area contributed by atoms with E-state index in [0.717, 1.165) is 11.4 Å². The van der Waals surface area contributed by atoms with Crippen LogP contribution in [-0.4, -0.2) is 14.9 Å². The molecule has 1 N–H and O–H groups in total. The Morgan fingerprint density at radius 1 is 1.39 bits per heavy atom. The van der Waals surface area contributed by atoms with E-state index in [4.69, 9.17) is 0 Å². The van der Waals surface area contributed by atoms with Crippen molar-refractivity contribution < 1.29 is 9.50 Å². The number of aliphatic hydroxyl groups is 1. The van der Waals surface area contributed by atoms with Gasteiger partial charge in [-0.05, 0) is 26.0 Å². The molecule has 3 nitrogen and oxygen atoms in total. The SMILES string of the molecule is Cc1cc(CC(C)(O)c2ccccc2F)n(C)n1. The molecule has 96 valence electrons. The van der Waals surface area contributed by atoms with Gasteiger partial charge >= 0.3 is 0 Å². The number of rotatable bonds is 3. The van der Waals surface area contributed by atoms with Gasteiger partial charge in [-0.15, -0.1) is 0 Å². The zero-order valence-electron chi connectivity index (χ0n) is 10.8. The molecule has 0 spiro atoms. The van der Waals surface area contributed by atoms with E-state index in [2.05, 4.69) is 5.10 Å². The van der Waals surface area contributed by atoms with Crippen LogP contribution in [0, 0.1) is 12.7 Å². The lowest BCUT2D eigenvalue weighted by Crippen LogP contribution is -2.26. The normalized spacial score (nSPS) is 14.5. The third kappa shape index (κ3) is 2.43. The Balaban J connectivity index is 2.32. The molecule has 0 bridgehead atoms. The van der Waals surface area contributed by atoms with Crippen LogP contribution in [0.25, 0.3) is 0 Å². The summed E-state index contributed by atoms with van der Waals surface area (Å²) in [5.41, 5.74) is 0.826. The van der Waals surface area contributed by atoms with Gasteiger partial charge in [0.2, 0.25) is 0 Å². The monoisotopic (exact) mass is 248 g/mol. The Morgan fingerprint density at radius 3 is 2.61 bits per heavy atom. The molecule has 1 atom stereocenters. The number of aromatic nitrogens is 2. The largest absolute Gasteiger partial charge is 0.385 e. The minimum absolute atomic E-state index is 0.309. The second-order valence-corrected chi connectivity index (χ2v) is 4.83. The van der Waals surface area contributed by atoms with Crippen LogP contribution in [0.3, 0.4) is 0 Å². The molecule has 0 amide bonds. The molecule has 2 rings (SSSR count). The van der Waals surface area contributed by atoms with Crippen molar-refractivity contribution in [3.05, 3.63) is 53.1 Å². The van der Waals surface area contributed by atoms with Crippen molar-refractivity contribution in [3.8, 4) is 0 Å². The molecule has 0 aliphatic carbocycles. The first kappa shape index (κ1) is 12.8. The van der Waals surface area contributed by atoms with E-state index in [1.165, 1.54) is 6.07 Å². The van der Waals surface area contributed by atoms with E-state index in [9.17, 15) is 9.50 Å². The van der Waals surface area contributed by atoms with Crippen LogP contribution in [0.1, 0.15) is 23.9 Å². The lowest BCUT2D eigenvalue weighted by molar-refractivity contribution is 0.0518. The highest BCUT2D eigenvalue weighted by molar-refractivity contribution is 5.26. The zero-order valence-corrected chi connectivity index (χ0v) is 10.8. The van der Waals surface area contributed by atoms with E-state index in [-0.39, 0.29) is 5.82 Å². The van der Waals surface area contributed by atoms with Crippen LogP contribution in [0.2, 0.25) is 0 Å². The molecule has 0 radical (unpaired) electrons.